The molecule has 0 aliphatic heterocycles. The summed E-state index contributed by atoms with van der Waals surface area (Å²) in [6.45, 7) is 9.46. The molecule has 1 aliphatic carbocycles. The van der Waals surface area contributed by atoms with E-state index in [1.165, 1.54) is 25.7 Å². The van der Waals surface area contributed by atoms with E-state index in [1.54, 1.807) is 0 Å². The summed E-state index contributed by atoms with van der Waals surface area (Å²) < 4.78 is 0. The number of hydrogen-bond acceptors (Lipinski definition) is 4. The van der Waals surface area contributed by atoms with E-state index in [9.17, 15) is 0 Å². The maximum Gasteiger partial charge on any atom is 0.137 e. The highest BCUT2D eigenvalue weighted by molar-refractivity contribution is 5.58. The van der Waals surface area contributed by atoms with Crippen LogP contribution in [0.4, 0.5) is 11.6 Å². The van der Waals surface area contributed by atoms with Crippen molar-refractivity contribution in [2.75, 3.05) is 23.8 Å². The minimum absolute atomic E-state index is 0.603. The molecule has 1 aromatic heterocycles. The summed E-state index contributed by atoms with van der Waals surface area (Å²) in [7, 11) is 2.19. The second-order valence-electron chi connectivity index (χ2n) is 6.04. The molecule has 4 nitrogen and oxygen atoms in total. The molecule has 20 heavy (non-hydrogen) atoms. The van der Waals surface area contributed by atoms with Crippen molar-refractivity contribution in [1.82, 2.24) is 9.97 Å². The Hall–Kier alpha value is -1.32. The Morgan fingerprint density at radius 3 is 2.55 bits per heavy atom. The molecule has 0 aromatic carbocycles. The maximum absolute atomic E-state index is 4.70. The maximum atomic E-state index is 4.70. The number of aryl methyl sites for hydroxylation is 1. The largest absolute Gasteiger partial charge is 0.370 e. The van der Waals surface area contributed by atoms with Gasteiger partial charge in [-0.25, -0.2) is 9.97 Å². The van der Waals surface area contributed by atoms with Gasteiger partial charge in [-0.2, -0.15) is 0 Å². The molecule has 4 heteroatoms. The van der Waals surface area contributed by atoms with Crippen LogP contribution in [0.3, 0.4) is 0 Å². The zero-order valence-corrected chi connectivity index (χ0v) is 13.5. The molecule has 1 N–H and O–H groups in total. The van der Waals surface area contributed by atoms with Crippen LogP contribution in [0.15, 0.2) is 0 Å². The molecule has 1 fully saturated rings. The molecule has 1 aliphatic rings. The molecule has 2 atom stereocenters. The van der Waals surface area contributed by atoms with E-state index in [-0.39, 0.29) is 0 Å². The van der Waals surface area contributed by atoms with Crippen molar-refractivity contribution in [3.8, 4) is 0 Å². The summed E-state index contributed by atoms with van der Waals surface area (Å²) in [5, 5.41) is 3.35. The second kappa shape index (κ2) is 6.42. The lowest BCUT2D eigenvalue weighted by atomic mass is 9.85. The minimum atomic E-state index is 0.603. The molecule has 0 saturated heterocycles. The third kappa shape index (κ3) is 3.05. The number of nitrogens with one attached hydrogen (secondary N) is 1. The normalized spacial score (nSPS) is 22.6. The lowest BCUT2D eigenvalue weighted by Gasteiger charge is -2.37. The van der Waals surface area contributed by atoms with Crippen molar-refractivity contribution in [3.05, 3.63) is 11.4 Å². The predicted octanol–water partition coefficient (Wildman–Crippen LogP) is 3.54. The van der Waals surface area contributed by atoms with E-state index < -0.39 is 0 Å². The van der Waals surface area contributed by atoms with E-state index in [1.807, 2.05) is 6.92 Å². The average molecular weight is 276 g/mol. The summed E-state index contributed by atoms with van der Waals surface area (Å²) in [6.07, 6.45) is 5.31. The smallest absolute Gasteiger partial charge is 0.137 e. The van der Waals surface area contributed by atoms with Gasteiger partial charge < -0.3 is 10.2 Å². The predicted molar refractivity (Wildman–Crippen MR) is 85.5 cm³/mol. The van der Waals surface area contributed by atoms with Crippen molar-refractivity contribution in [2.24, 2.45) is 5.92 Å². The van der Waals surface area contributed by atoms with E-state index in [0.717, 1.165) is 35.5 Å². The van der Waals surface area contributed by atoms with Crippen molar-refractivity contribution in [3.63, 3.8) is 0 Å². The van der Waals surface area contributed by atoms with E-state index in [2.05, 4.69) is 43.0 Å². The van der Waals surface area contributed by atoms with Crippen molar-refractivity contribution < 1.29 is 0 Å². The number of anilines is 2. The topological polar surface area (TPSA) is 41.1 Å². The van der Waals surface area contributed by atoms with Gasteiger partial charge in [0.2, 0.25) is 0 Å². The van der Waals surface area contributed by atoms with E-state index in [0.29, 0.717) is 6.04 Å². The van der Waals surface area contributed by atoms with Crippen LogP contribution in [-0.2, 0) is 0 Å². The number of hydrogen-bond donors (Lipinski definition) is 1. The van der Waals surface area contributed by atoms with Crippen molar-refractivity contribution >= 4 is 11.6 Å². The van der Waals surface area contributed by atoms with Crippen LogP contribution < -0.4 is 10.2 Å². The molecule has 1 heterocycles. The van der Waals surface area contributed by atoms with Gasteiger partial charge in [-0.1, -0.05) is 19.8 Å². The molecular weight excluding hydrogens is 248 g/mol. The van der Waals surface area contributed by atoms with Gasteiger partial charge in [0.05, 0.1) is 0 Å². The van der Waals surface area contributed by atoms with E-state index >= 15 is 0 Å². The first kappa shape index (κ1) is 15.1. The molecule has 0 radical (unpaired) electrons. The van der Waals surface area contributed by atoms with Crippen LogP contribution in [0.5, 0.6) is 0 Å². The van der Waals surface area contributed by atoms with Gasteiger partial charge in [-0.3, -0.25) is 0 Å². The Morgan fingerprint density at radius 2 is 1.90 bits per heavy atom. The first-order valence-corrected chi connectivity index (χ1v) is 7.86. The summed E-state index contributed by atoms with van der Waals surface area (Å²) in [5.41, 5.74) is 1.16. The third-order valence-corrected chi connectivity index (χ3v) is 4.47. The average Bonchev–Trinajstić information content (AvgIpc) is 2.42. The van der Waals surface area contributed by atoms with Gasteiger partial charge >= 0.3 is 0 Å². The van der Waals surface area contributed by atoms with Crippen LogP contribution in [0.2, 0.25) is 0 Å². The quantitative estimate of drug-likeness (QED) is 0.913. The number of nitrogens with zero attached hydrogens (tertiary/aromatic N) is 3. The van der Waals surface area contributed by atoms with Gasteiger partial charge in [0.15, 0.2) is 0 Å². The van der Waals surface area contributed by atoms with Gasteiger partial charge in [0, 0.05) is 25.2 Å². The molecule has 2 unspecified atom stereocenters. The van der Waals surface area contributed by atoms with Crippen LogP contribution in [0.1, 0.15) is 50.9 Å². The summed E-state index contributed by atoms with van der Waals surface area (Å²) in [4.78, 5) is 11.6. The lowest BCUT2D eigenvalue weighted by molar-refractivity contribution is 0.320. The SMILES string of the molecule is CCNc1nc(C)nc(N(C)C2CCCCC2C)c1C. The highest BCUT2D eigenvalue weighted by atomic mass is 15.2. The van der Waals surface area contributed by atoms with Crippen LogP contribution >= 0.6 is 0 Å². The van der Waals surface area contributed by atoms with Crippen LogP contribution in [-0.4, -0.2) is 29.6 Å². The first-order chi connectivity index (χ1) is 9.54. The Balaban J connectivity index is 2.30. The minimum Gasteiger partial charge on any atom is -0.370 e. The van der Waals surface area contributed by atoms with Gasteiger partial charge in [-0.15, -0.1) is 0 Å². The molecular formula is C16H28N4. The van der Waals surface area contributed by atoms with Gasteiger partial charge in [-0.05, 0) is 39.5 Å². The summed E-state index contributed by atoms with van der Waals surface area (Å²) in [6, 6.07) is 0.603. The Morgan fingerprint density at radius 1 is 1.20 bits per heavy atom. The molecule has 0 amide bonds. The fourth-order valence-corrected chi connectivity index (χ4v) is 3.33. The highest BCUT2D eigenvalue weighted by Crippen LogP contribution is 2.32. The zero-order chi connectivity index (χ0) is 14.7. The van der Waals surface area contributed by atoms with Crippen LogP contribution in [0, 0.1) is 19.8 Å². The molecule has 112 valence electrons. The number of rotatable bonds is 4. The summed E-state index contributed by atoms with van der Waals surface area (Å²) in [5.74, 6) is 3.65. The number of aromatic nitrogens is 2. The zero-order valence-electron chi connectivity index (χ0n) is 13.5. The Kier molecular flexibility index (Phi) is 4.84. The van der Waals surface area contributed by atoms with Crippen LogP contribution in [0.25, 0.3) is 0 Å². The fourth-order valence-electron chi connectivity index (χ4n) is 3.33. The molecule has 0 bridgehead atoms. The highest BCUT2D eigenvalue weighted by Gasteiger charge is 2.27. The lowest BCUT2D eigenvalue weighted by Crippen LogP contribution is -2.40. The van der Waals surface area contributed by atoms with Gasteiger partial charge in [0.25, 0.3) is 0 Å². The monoisotopic (exact) mass is 276 g/mol. The first-order valence-electron chi connectivity index (χ1n) is 7.86. The third-order valence-electron chi connectivity index (χ3n) is 4.47. The summed E-state index contributed by atoms with van der Waals surface area (Å²) >= 11 is 0. The van der Waals surface area contributed by atoms with E-state index in [4.69, 9.17) is 4.98 Å². The molecule has 1 saturated carbocycles. The molecule has 2 rings (SSSR count). The second-order valence-corrected chi connectivity index (χ2v) is 6.04. The molecule has 0 spiro atoms. The molecule has 1 aromatic rings. The van der Waals surface area contributed by atoms with Gasteiger partial charge in [0.1, 0.15) is 17.5 Å². The van der Waals surface area contributed by atoms with Crippen molar-refractivity contribution in [1.29, 1.82) is 0 Å². The fraction of sp³-hybridized carbons (Fsp3) is 0.750. The Bertz CT molecular complexity index is 458. The Labute approximate surface area is 123 Å². The van der Waals surface area contributed by atoms with Crippen molar-refractivity contribution in [2.45, 2.75) is 59.4 Å². The standard InChI is InChI=1S/C16H28N4/c1-6-17-15-12(3)16(19-13(4)18-15)20(5)14-10-8-7-9-11(14)2/h11,14H,6-10H2,1-5H3,(H,17,18,19).